The molecule has 1 aromatic rings. The van der Waals surface area contributed by atoms with E-state index in [1.165, 1.54) is 0 Å². The number of rotatable bonds is 6. The molecule has 0 aliphatic carbocycles. The van der Waals surface area contributed by atoms with Crippen LogP contribution in [-0.4, -0.2) is 12.4 Å². The lowest BCUT2D eigenvalue weighted by Gasteiger charge is -2.11. The van der Waals surface area contributed by atoms with Crippen LogP contribution in [0.3, 0.4) is 0 Å². The van der Waals surface area contributed by atoms with Crippen molar-refractivity contribution in [1.29, 1.82) is 0 Å². The largest absolute Gasteiger partial charge is 0.390 e. The van der Waals surface area contributed by atoms with Crippen LogP contribution in [0.15, 0.2) is 23.4 Å². The Morgan fingerprint density at radius 1 is 1.47 bits per heavy atom. The molecule has 0 spiro atoms. The van der Waals surface area contributed by atoms with Gasteiger partial charge < -0.3 is 21.6 Å². The third-order valence-corrected chi connectivity index (χ3v) is 2.20. The number of amidine groups is 1. The van der Waals surface area contributed by atoms with Gasteiger partial charge in [0.25, 0.3) is 0 Å². The number of nitrogens with one attached hydrogen (secondary N) is 1. The Kier molecular flexibility index (Phi) is 5.29. The standard InChI is InChI=1S/C12H20N4O/c1-3-15-12-5-4-10(6-11(12)7-13)8-17-16-9(2)14/h4-6,15H,3,7-8,13H2,1-2H3,(H2,14,16). The molecule has 0 saturated carbocycles. The van der Waals surface area contributed by atoms with E-state index in [-0.39, 0.29) is 0 Å². The van der Waals surface area contributed by atoms with Gasteiger partial charge in [0, 0.05) is 18.8 Å². The molecule has 94 valence electrons. The van der Waals surface area contributed by atoms with Crippen molar-refractivity contribution in [3.8, 4) is 0 Å². The molecule has 0 aliphatic heterocycles. The summed E-state index contributed by atoms with van der Waals surface area (Å²) in [6.45, 7) is 5.50. The number of anilines is 1. The molecule has 5 heteroatoms. The molecule has 0 aliphatic rings. The smallest absolute Gasteiger partial charge is 0.142 e. The molecule has 0 atom stereocenters. The van der Waals surface area contributed by atoms with E-state index < -0.39 is 0 Å². The lowest BCUT2D eigenvalue weighted by molar-refractivity contribution is 0.130. The first-order chi connectivity index (χ1) is 8.17. The molecule has 5 nitrogen and oxygen atoms in total. The third kappa shape index (κ3) is 4.32. The Labute approximate surface area is 102 Å². The van der Waals surface area contributed by atoms with Crippen molar-refractivity contribution in [3.05, 3.63) is 29.3 Å². The average molecular weight is 236 g/mol. The van der Waals surface area contributed by atoms with Crippen molar-refractivity contribution < 1.29 is 4.84 Å². The highest BCUT2D eigenvalue weighted by Gasteiger charge is 2.02. The molecule has 0 radical (unpaired) electrons. The Bertz CT molecular complexity index is 386. The zero-order valence-corrected chi connectivity index (χ0v) is 10.4. The first-order valence-electron chi connectivity index (χ1n) is 5.65. The summed E-state index contributed by atoms with van der Waals surface area (Å²) in [4.78, 5) is 5.08. The van der Waals surface area contributed by atoms with Gasteiger partial charge in [-0.05, 0) is 37.1 Å². The summed E-state index contributed by atoms with van der Waals surface area (Å²) in [5, 5.41) is 6.94. The van der Waals surface area contributed by atoms with Crippen LogP contribution in [0.2, 0.25) is 0 Å². The molecule has 17 heavy (non-hydrogen) atoms. The van der Waals surface area contributed by atoms with Gasteiger partial charge in [-0.15, -0.1) is 0 Å². The van der Waals surface area contributed by atoms with E-state index in [2.05, 4.69) is 17.4 Å². The zero-order valence-electron chi connectivity index (χ0n) is 10.4. The number of nitrogens with two attached hydrogens (primary N) is 2. The second-order valence-corrected chi connectivity index (χ2v) is 3.73. The van der Waals surface area contributed by atoms with Gasteiger partial charge in [-0.3, -0.25) is 0 Å². The molecule has 0 aromatic heterocycles. The number of hydrogen-bond acceptors (Lipinski definition) is 4. The zero-order chi connectivity index (χ0) is 12.7. The molecule has 0 fully saturated rings. The summed E-state index contributed by atoms with van der Waals surface area (Å²) < 4.78 is 0. The van der Waals surface area contributed by atoms with Crippen molar-refractivity contribution in [2.24, 2.45) is 16.6 Å². The van der Waals surface area contributed by atoms with Gasteiger partial charge in [0.2, 0.25) is 0 Å². The van der Waals surface area contributed by atoms with Gasteiger partial charge in [0.05, 0.1) is 0 Å². The Balaban J connectivity index is 2.72. The summed E-state index contributed by atoms with van der Waals surface area (Å²) in [6.07, 6.45) is 0. The number of benzene rings is 1. The molecular formula is C12H20N4O. The van der Waals surface area contributed by atoms with Crippen LogP contribution in [-0.2, 0) is 18.0 Å². The molecule has 0 unspecified atom stereocenters. The van der Waals surface area contributed by atoms with Gasteiger partial charge in [0.1, 0.15) is 12.4 Å². The first-order valence-corrected chi connectivity index (χ1v) is 5.65. The minimum Gasteiger partial charge on any atom is -0.390 e. The minimum atomic E-state index is 0.397. The number of oxime groups is 1. The van der Waals surface area contributed by atoms with E-state index >= 15 is 0 Å². The lowest BCUT2D eigenvalue weighted by Crippen LogP contribution is -2.07. The first kappa shape index (κ1) is 13.3. The molecule has 0 bridgehead atoms. The Morgan fingerprint density at radius 3 is 2.82 bits per heavy atom. The molecule has 0 saturated heterocycles. The summed E-state index contributed by atoms with van der Waals surface area (Å²) in [6, 6.07) is 6.00. The fourth-order valence-electron chi connectivity index (χ4n) is 1.48. The fraction of sp³-hybridized carbons (Fsp3) is 0.417. The van der Waals surface area contributed by atoms with Crippen LogP contribution in [0, 0.1) is 0 Å². The van der Waals surface area contributed by atoms with E-state index in [0.29, 0.717) is 19.0 Å². The Morgan fingerprint density at radius 2 is 2.24 bits per heavy atom. The van der Waals surface area contributed by atoms with Crippen molar-refractivity contribution in [1.82, 2.24) is 0 Å². The minimum absolute atomic E-state index is 0.397. The summed E-state index contributed by atoms with van der Waals surface area (Å²) in [5.41, 5.74) is 14.2. The predicted molar refractivity (Wildman–Crippen MR) is 70.6 cm³/mol. The number of nitrogens with zero attached hydrogens (tertiary/aromatic N) is 1. The fourth-order valence-corrected chi connectivity index (χ4v) is 1.48. The molecule has 1 aromatic carbocycles. The van der Waals surface area contributed by atoms with Crippen molar-refractivity contribution in [2.45, 2.75) is 27.0 Å². The van der Waals surface area contributed by atoms with Crippen molar-refractivity contribution >= 4 is 11.5 Å². The van der Waals surface area contributed by atoms with E-state index in [9.17, 15) is 0 Å². The quantitative estimate of drug-likeness (QED) is 0.396. The van der Waals surface area contributed by atoms with E-state index in [0.717, 1.165) is 23.4 Å². The van der Waals surface area contributed by atoms with E-state index in [1.54, 1.807) is 6.92 Å². The molecule has 0 heterocycles. The normalized spacial score (nSPS) is 11.4. The van der Waals surface area contributed by atoms with Crippen LogP contribution in [0.1, 0.15) is 25.0 Å². The highest BCUT2D eigenvalue weighted by molar-refractivity contribution is 5.76. The summed E-state index contributed by atoms with van der Waals surface area (Å²) >= 11 is 0. The Hall–Kier alpha value is -1.75. The topological polar surface area (TPSA) is 85.7 Å². The van der Waals surface area contributed by atoms with E-state index in [4.69, 9.17) is 16.3 Å². The van der Waals surface area contributed by atoms with Gasteiger partial charge in [0.15, 0.2) is 0 Å². The molecular weight excluding hydrogens is 216 g/mol. The van der Waals surface area contributed by atoms with Gasteiger partial charge in [-0.25, -0.2) is 0 Å². The predicted octanol–water partition coefficient (Wildman–Crippen LogP) is 1.39. The highest BCUT2D eigenvalue weighted by atomic mass is 16.6. The van der Waals surface area contributed by atoms with Crippen LogP contribution >= 0.6 is 0 Å². The molecule has 1 rings (SSSR count). The maximum absolute atomic E-state index is 5.70. The van der Waals surface area contributed by atoms with Crippen LogP contribution in [0.5, 0.6) is 0 Å². The average Bonchev–Trinajstić information content (AvgIpc) is 2.30. The van der Waals surface area contributed by atoms with E-state index in [1.807, 2.05) is 18.2 Å². The summed E-state index contributed by atoms with van der Waals surface area (Å²) in [7, 11) is 0. The van der Waals surface area contributed by atoms with Gasteiger partial charge in [-0.1, -0.05) is 11.2 Å². The monoisotopic (exact) mass is 236 g/mol. The molecule has 5 N–H and O–H groups in total. The molecule has 0 amide bonds. The van der Waals surface area contributed by atoms with Gasteiger partial charge >= 0.3 is 0 Å². The van der Waals surface area contributed by atoms with Crippen LogP contribution < -0.4 is 16.8 Å². The van der Waals surface area contributed by atoms with Crippen molar-refractivity contribution in [3.63, 3.8) is 0 Å². The summed E-state index contributed by atoms with van der Waals surface area (Å²) in [5.74, 6) is 0.410. The van der Waals surface area contributed by atoms with Crippen molar-refractivity contribution in [2.75, 3.05) is 11.9 Å². The maximum atomic E-state index is 5.70. The SMILES string of the molecule is CCNc1ccc(CO/N=C(/C)N)cc1CN. The third-order valence-electron chi connectivity index (χ3n) is 2.20. The van der Waals surface area contributed by atoms with Crippen LogP contribution in [0.25, 0.3) is 0 Å². The van der Waals surface area contributed by atoms with Crippen LogP contribution in [0.4, 0.5) is 5.69 Å². The second kappa shape index (κ2) is 6.75. The highest BCUT2D eigenvalue weighted by Crippen LogP contribution is 2.17. The lowest BCUT2D eigenvalue weighted by atomic mass is 10.1. The van der Waals surface area contributed by atoms with Gasteiger partial charge in [-0.2, -0.15) is 0 Å². The number of hydrogen-bond donors (Lipinski definition) is 3. The second-order valence-electron chi connectivity index (χ2n) is 3.73. The maximum Gasteiger partial charge on any atom is 0.142 e.